The summed E-state index contributed by atoms with van der Waals surface area (Å²) >= 11 is 0. The van der Waals surface area contributed by atoms with Gasteiger partial charge in [0, 0.05) is 16.2 Å². The van der Waals surface area contributed by atoms with E-state index in [1.54, 1.807) is 60.7 Å². The monoisotopic (exact) mass is 641 g/mol. The Balaban J connectivity index is 1.33. The lowest BCUT2D eigenvalue weighted by molar-refractivity contribution is 0.672. The Morgan fingerprint density at radius 1 is 0.388 bits per heavy atom. The summed E-state index contributed by atoms with van der Waals surface area (Å²) in [5, 5.41) is 1.31. The molecule has 0 atom stereocenters. The molecule has 0 aliphatic carbocycles. The van der Waals surface area contributed by atoms with E-state index in [0.29, 0.717) is 38.2 Å². The van der Waals surface area contributed by atoms with E-state index >= 15 is 0 Å². The van der Waals surface area contributed by atoms with Crippen molar-refractivity contribution in [2.75, 3.05) is 0 Å². The lowest BCUT2D eigenvalue weighted by Crippen LogP contribution is -1.92. The molecule has 1 nitrogen and oxygen atoms in total. The molecule has 0 saturated carbocycles. The van der Waals surface area contributed by atoms with Gasteiger partial charge < -0.3 is 4.42 Å². The van der Waals surface area contributed by atoms with Crippen LogP contribution in [0.15, 0.2) is 186 Å². The number of benzene rings is 9. The summed E-state index contributed by atoms with van der Waals surface area (Å²) in [4.78, 5) is 0. The van der Waals surface area contributed by atoms with Crippen molar-refractivity contribution in [2.45, 2.75) is 0 Å². The topological polar surface area (TPSA) is 13.1 Å². The second-order valence-electron chi connectivity index (χ2n) is 11.4. The summed E-state index contributed by atoms with van der Waals surface area (Å²) in [5.74, 6) is 0. The third kappa shape index (κ3) is 4.40. The molecular formula is C48H30O. The zero-order valence-electron chi connectivity index (χ0n) is 44.3. The SMILES string of the molecule is [2H]c1c([2H])c([2H])c(-c2ccc(-c3c4ccccc4c(-c4c([2H])c([2H])c5oc6c7c([2H])c([2H])c([2H])c([2H])c7c([2H])c([2H])c6c5c4[2H])c4ccccc34)cc2-c2c([2H])c([2H])c([2H])c([2H])c2[2H])c([2H])c1[2H]. The first kappa shape index (κ1) is 14.8. The minimum absolute atomic E-state index is 0.00349. The third-order valence-electron chi connectivity index (χ3n) is 8.71. The Bertz CT molecular complexity index is 3850. The Morgan fingerprint density at radius 2 is 0.980 bits per heavy atom. The van der Waals surface area contributed by atoms with Crippen LogP contribution >= 0.6 is 0 Å². The van der Waals surface area contributed by atoms with Gasteiger partial charge in [-0.15, -0.1) is 0 Å². The molecule has 10 aromatic rings. The molecule has 0 amide bonds. The minimum Gasteiger partial charge on any atom is -0.455 e. The first-order chi connectivity index (χ1) is 32.2. The van der Waals surface area contributed by atoms with E-state index < -0.39 is 109 Å². The van der Waals surface area contributed by atoms with Crippen LogP contribution in [0.4, 0.5) is 0 Å². The van der Waals surface area contributed by atoms with Crippen LogP contribution in [-0.4, -0.2) is 0 Å². The number of rotatable bonds is 4. The first-order valence-corrected chi connectivity index (χ1v) is 15.3. The first-order valence-electron chi connectivity index (χ1n) is 24.8. The lowest BCUT2D eigenvalue weighted by Gasteiger charge is -2.19. The molecule has 49 heavy (non-hydrogen) atoms. The molecule has 1 aromatic heterocycles. The Morgan fingerprint density at radius 3 is 1.65 bits per heavy atom. The highest BCUT2D eigenvalue weighted by Gasteiger charge is 2.19. The van der Waals surface area contributed by atoms with Gasteiger partial charge in [-0.05, 0) is 95.6 Å². The molecule has 0 fully saturated rings. The minimum atomic E-state index is -0.655. The maximum atomic E-state index is 9.82. The molecule has 0 unspecified atom stereocenters. The van der Waals surface area contributed by atoms with Gasteiger partial charge in [0.25, 0.3) is 0 Å². The van der Waals surface area contributed by atoms with Gasteiger partial charge in [-0.1, -0.05) is 157 Å². The van der Waals surface area contributed by atoms with Gasteiger partial charge >= 0.3 is 0 Å². The van der Waals surface area contributed by atoms with Crippen molar-refractivity contribution in [3.63, 3.8) is 0 Å². The number of hydrogen-bond donors (Lipinski definition) is 0. The predicted octanol–water partition coefficient (Wildman–Crippen LogP) is 13.7. The van der Waals surface area contributed by atoms with Crippen molar-refractivity contribution < 1.29 is 30.5 Å². The quantitative estimate of drug-likeness (QED) is 0.174. The van der Waals surface area contributed by atoms with Gasteiger partial charge in [0.05, 0.1) is 26.0 Å². The van der Waals surface area contributed by atoms with Gasteiger partial charge in [-0.3, -0.25) is 0 Å². The molecule has 0 radical (unpaired) electrons. The van der Waals surface area contributed by atoms with Gasteiger partial charge in [-0.2, -0.15) is 0 Å². The van der Waals surface area contributed by atoms with Crippen molar-refractivity contribution >= 4 is 54.3 Å². The summed E-state index contributed by atoms with van der Waals surface area (Å²) in [5.41, 5.74) is 0.180. The van der Waals surface area contributed by atoms with Crippen LogP contribution in [0.2, 0.25) is 0 Å². The molecule has 228 valence electrons. The average molecular weight is 642 g/mol. The second kappa shape index (κ2) is 11.1. The summed E-state index contributed by atoms with van der Waals surface area (Å²) in [6.45, 7) is 0. The van der Waals surface area contributed by atoms with Crippen molar-refractivity contribution in [1.82, 2.24) is 0 Å². The van der Waals surface area contributed by atoms with Crippen LogP contribution in [-0.2, 0) is 0 Å². The Labute approximate surface area is 311 Å². The smallest absolute Gasteiger partial charge is 0.143 e. The molecule has 9 aromatic carbocycles. The van der Waals surface area contributed by atoms with E-state index in [9.17, 15) is 4.11 Å². The van der Waals surface area contributed by atoms with Crippen LogP contribution < -0.4 is 0 Å². The van der Waals surface area contributed by atoms with E-state index in [1.165, 1.54) is 6.07 Å². The zero-order chi connectivity index (χ0) is 48.8. The summed E-state index contributed by atoms with van der Waals surface area (Å²) in [6, 6.07) is 7.91. The van der Waals surface area contributed by atoms with Gasteiger partial charge in [-0.25, -0.2) is 0 Å². The van der Waals surface area contributed by atoms with Crippen LogP contribution in [0, 0.1) is 0 Å². The highest BCUT2D eigenvalue weighted by Crippen LogP contribution is 2.46. The van der Waals surface area contributed by atoms with Gasteiger partial charge in [0.15, 0.2) is 0 Å². The van der Waals surface area contributed by atoms with Gasteiger partial charge in [0.2, 0.25) is 0 Å². The van der Waals surface area contributed by atoms with E-state index in [0.717, 1.165) is 0 Å². The highest BCUT2D eigenvalue weighted by molar-refractivity contribution is 6.23. The molecule has 0 bridgehead atoms. The molecule has 0 saturated heterocycles. The maximum Gasteiger partial charge on any atom is 0.143 e. The average Bonchev–Trinajstić information content (AvgIpc) is 3.74. The summed E-state index contributed by atoms with van der Waals surface area (Å²) in [6.07, 6.45) is 0. The van der Waals surface area contributed by atoms with E-state index in [1.807, 2.05) is 0 Å². The van der Waals surface area contributed by atoms with E-state index in [-0.39, 0.29) is 66.6 Å². The fourth-order valence-electron chi connectivity index (χ4n) is 6.64. The third-order valence-corrected chi connectivity index (χ3v) is 8.71. The number of hydrogen-bond acceptors (Lipinski definition) is 1. The maximum absolute atomic E-state index is 9.82. The van der Waals surface area contributed by atoms with Crippen molar-refractivity contribution in [3.8, 4) is 44.5 Å². The van der Waals surface area contributed by atoms with E-state index in [2.05, 4.69) is 0 Å². The largest absolute Gasteiger partial charge is 0.455 e. The normalized spacial score (nSPS) is 17.1. The van der Waals surface area contributed by atoms with Crippen molar-refractivity contribution in [2.24, 2.45) is 0 Å². The molecule has 0 N–H and O–H groups in total. The van der Waals surface area contributed by atoms with Crippen LogP contribution in [0.3, 0.4) is 0 Å². The number of fused-ring (bicyclic) bond motifs is 7. The van der Waals surface area contributed by atoms with Gasteiger partial charge in [0.1, 0.15) is 11.2 Å². The second-order valence-corrected chi connectivity index (χ2v) is 11.4. The summed E-state index contributed by atoms with van der Waals surface area (Å²) < 4.78 is 173. The number of furan rings is 1. The van der Waals surface area contributed by atoms with Crippen molar-refractivity contribution in [1.29, 1.82) is 0 Å². The fourth-order valence-corrected chi connectivity index (χ4v) is 6.64. The molecule has 0 spiro atoms. The Kier molecular flexibility index (Phi) is 3.34. The zero-order valence-corrected chi connectivity index (χ0v) is 25.3. The van der Waals surface area contributed by atoms with E-state index in [4.69, 9.17) is 26.3 Å². The molecule has 10 rings (SSSR count). The standard InChI is InChI=1S/C48H30O/c1-3-13-31(14-4-1)36-26-24-34(29-43(36)32-15-5-2-6-16-32)46-38-19-9-11-21-40(38)47(41-22-12-10-20-39(41)46)35-25-28-45-44(30-35)42-27-23-33-17-7-8-18-37(33)48(42)49-45/h1-30H/i1D,2D,3D,4D,5D,6D,7D,8D,13D,14D,15D,16D,17D,18D,23D,25D,27D,28D,30D. The fraction of sp³-hybridized carbons (Fsp3) is 0. The van der Waals surface area contributed by atoms with Crippen LogP contribution in [0.1, 0.15) is 26.0 Å². The predicted molar refractivity (Wildman–Crippen MR) is 208 cm³/mol. The van der Waals surface area contributed by atoms with Crippen molar-refractivity contribution in [3.05, 3.63) is 182 Å². The molecular weight excluding hydrogens is 593 g/mol. The molecule has 0 aliphatic rings. The molecule has 1 heteroatoms. The Hall–Kier alpha value is -6.44. The highest BCUT2D eigenvalue weighted by atomic mass is 16.3. The van der Waals surface area contributed by atoms with Crippen LogP contribution in [0.25, 0.3) is 98.8 Å². The molecule has 0 aliphatic heterocycles. The summed E-state index contributed by atoms with van der Waals surface area (Å²) in [7, 11) is 0. The van der Waals surface area contributed by atoms with Crippen LogP contribution in [0.5, 0.6) is 0 Å². The molecule has 1 heterocycles. The lowest BCUT2D eigenvalue weighted by atomic mass is 9.84.